The number of benzene rings is 2. The van der Waals surface area contributed by atoms with Gasteiger partial charge in [0.25, 0.3) is 0 Å². The molecule has 0 fully saturated rings. The molecule has 1 unspecified atom stereocenters. The van der Waals surface area contributed by atoms with E-state index < -0.39 is 0 Å². The molecule has 1 N–H and O–H groups in total. The maximum Gasteiger partial charge on any atom is 0.161 e. The van der Waals surface area contributed by atoms with Gasteiger partial charge in [-0.05, 0) is 78.7 Å². The average Bonchev–Trinajstić information content (AvgIpc) is 3.07. The van der Waals surface area contributed by atoms with E-state index in [1.165, 1.54) is 22.3 Å². The van der Waals surface area contributed by atoms with Gasteiger partial charge in [0.2, 0.25) is 0 Å². The summed E-state index contributed by atoms with van der Waals surface area (Å²) in [7, 11) is 6.67. The first-order valence-electron chi connectivity index (χ1n) is 12.0. The predicted molar refractivity (Wildman–Crippen MR) is 139 cm³/mol. The molecule has 7 nitrogen and oxygen atoms in total. The van der Waals surface area contributed by atoms with Crippen LogP contribution in [0.4, 0.5) is 0 Å². The van der Waals surface area contributed by atoms with Gasteiger partial charge < -0.3 is 29.1 Å². The van der Waals surface area contributed by atoms with Crippen molar-refractivity contribution in [2.75, 3.05) is 54.6 Å². The van der Waals surface area contributed by atoms with Crippen LogP contribution in [0, 0.1) is 0 Å². The lowest BCUT2D eigenvalue weighted by molar-refractivity contribution is -0.112. The van der Waals surface area contributed by atoms with Gasteiger partial charge in [0.05, 0.1) is 34.5 Å². The van der Waals surface area contributed by atoms with Crippen molar-refractivity contribution in [1.82, 2.24) is 10.2 Å². The third kappa shape index (κ3) is 5.85. The van der Waals surface area contributed by atoms with Crippen molar-refractivity contribution >= 4 is 18.7 Å². The highest BCUT2D eigenvalue weighted by Gasteiger charge is 2.28. The second-order valence-electron chi connectivity index (χ2n) is 9.02. The fourth-order valence-corrected chi connectivity index (χ4v) is 5.18. The van der Waals surface area contributed by atoms with Crippen LogP contribution in [0.5, 0.6) is 23.0 Å². The van der Waals surface area contributed by atoms with E-state index >= 15 is 0 Å². The highest BCUT2D eigenvalue weighted by Crippen LogP contribution is 2.42. The van der Waals surface area contributed by atoms with Gasteiger partial charge in [-0.2, -0.15) is 0 Å². The molecule has 1 aliphatic carbocycles. The summed E-state index contributed by atoms with van der Waals surface area (Å²) >= 11 is 0. The molecule has 2 aromatic carbocycles. The number of aldehydes is 1. The molecule has 0 radical (unpaired) electrons. The van der Waals surface area contributed by atoms with Gasteiger partial charge >= 0.3 is 0 Å². The third-order valence-electron chi connectivity index (χ3n) is 7.23. The Morgan fingerprint density at radius 3 is 1.91 bits per heavy atom. The van der Waals surface area contributed by atoms with E-state index in [4.69, 9.17) is 18.9 Å². The van der Waals surface area contributed by atoms with Crippen LogP contribution >= 0.6 is 12.4 Å². The van der Waals surface area contributed by atoms with Crippen LogP contribution < -0.4 is 24.3 Å². The minimum atomic E-state index is -0.0800. The van der Waals surface area contributed by atoms with E-state index in [0.717, 1.165) is 81.1 Å². The number of hydrogen-bond acceptors (Lipinski definition) is 7. The molecular formula is C27H37ClN2O5. The van der Waals surface area contributed by atoms with Crippen LogP contribution in [0.1, 0.15) is 34.6 Å². The fraction of sp³-hybridized carbons (Fsp3) is 0.519. The average molecular weight is 505 g/mol. The second kappa shape index (κ2) is 12.5. The van der Waals surface area contributed by atoms with E-state index in [9.17, 15) is 4.79 Å². The first kappa shape index (κ1) is 27.1. The van der Waals surface area contributed by atoms with Crippen LogP contribution in [0.25, 0.3) is 0 Å². The number of fused-ring (bicyclic) bond motifs is 2. The molecule has 35 heavy (non-hydrogen) atoms. The molecule has 0 aromatic heterocycles. The standard InChI is InChI=1S/C27H36N2O5.ClH/c1-31-24-12-18-6-9-29(10-7-19(18)13-25(24)32-2)22(17-30)5-8-28-16-21-11-20-14-26(33-3)27(34-4)15-23(20)21;/h12-15,17,21-22,28H,5-11,16H2,1-4H3;1H/t21-,22?;/m1./s1. The summed E-state index contributed by atoms with van der Waals surface area (Å²) in [6, 6.07) is 8.25. The number of carbonyl (C=O) groups excluding carboxylic acids is 1. The van der Waals surface area contributed by atoms with E-state index in [1.807, 2.05) is 0 Å². The molecule has 2 atom stereocenters. The Morgan fingerprint density at radius 2 is 1.40 bits per heavy atom. The Labute approximate surface area is 214 Å². The smallest absolute Gasteiger partial charge is 0.161 e. The summed E-state index contributed by atoms with van der Waals surface area (Å²) in [5.41, 5.74) is 5.21. The van der Waals surface area contributed by atoms with Gasteiger partial charge in [0.1, 0.15) is 6.29 Å². The second-order valence-corrected chi connectivity index (χ2v) is 9.02. The zero-order chi connectivity index (χ0) is 24.1. The van der Waals surface area contributed by atoms with Gasteiger partial charge in [-0.25, -0.2) is 0 Å². The molecule has 2 aromatic rings. The summed E-state index contributed by atoms with van der Waals surface area (Å²) in [6.07, 6.45) is 4.75. The molecule has 0 amide bonds. The Morgan fingerprint density at radius 1 is 0.886 bits per heavy atom. The maximum absolute atomic E-state index is 11.9. The number of rotatable bonds is 11. The van der Waals surface area contributed by atoms with E-state index in [-0.39, 0.29) is 18.4 Å². The quantitative estimate of drug-likeness (QED) is 0.371. The summed E-state index contributed by atoms with van der Waals surface area (Å²) < 4.78 is 21.8. The van der Waals surface area contributed by atoms with Crippen molar-refractivity contribution in [3.05, 3.63) is 46.5 Å². The maximum atomic E-state index is 11.9. The minimum Gasteiger partial charge on any atom is -0.493 e. The monoisotopic (exact) mass is 504 g/mol. The van der Waals surface area contributed by atoms with Crippen LogP contribution in [0.2, 0.25) is 0 Å². The molecule has 2 aliphatic rings. The first-order chi connectivity index (χ1) is 16.6. The third-order valence-corrected chi connectivity index (χ3v) is 7.23. The topological polar surface area (TPSA) is 69.3 Å². The van der Waals surface area contributed by atoms with Gasteiger partial charge in [0.15, 0.2) is 23.0 Å². The molecule has 0 bridgehead atoms. The number of methoxy groups -OCH3 is 4. The number of ether oxygens (including phenoxy) is 4. The van der Waals surface area contributed by atoms with Crippen molar-refractivity contribution in [3.63, 3.8) is 0 Å². The lowest BCUT2D eigenvalue weighted by atomic mass is 9.77. The Hall–Kier alpha value is -2.48. The largest absolute Gasteiger partial charge is 0.493 e. The van der Waals surface area contributed by atoms with E-state index in [2.05, 4.69) is 34.5 Å². The number of halogens is 1. The van der Waals surface area contributed by atoms with Crippen molar-refractivity contribution < 1.29 is 23.7 Å². The SMILES string of the molecule is COc1cc2c(cc1OC)CCN(C(C=O)CCNC[C@H]1Cc3cc(OC)c(OC)cc31)CC2.Cl. The van der Waals surface area contributed by atoms with Gasteiger partial charge in [-0.1, -0.05) is 0 Å². The molecule has 1 aliphatic heterocycles. The summed E-state index contributed by atoms with van der Waals surface area (Å²) in [6.45, 7) is 3.44. The zero-order valence-corrected chi connectivity index (χ0v) is 21.9. The highest BCUT2D eigenvalue weighted by molar-refractivity contribution is 5.85. The molecule has 8 heteroatoms. The van der Waals surface area contributed by atoms with Crippen LogP contribution in [-0.2, 0) is 24.1 Å². The summed E-state index contributed by atoms with van der Waals surface area (Å²) in [4.78, 5) is 14.3. The van der Waals surface area contributed by atoms with Crippen LogP contribution in [-0.4, -0.2) is 71.8 Å². The lowest BCUT2D eigenvalue weighted by Gasteiger charge is -2.32. The minimum absolute atomic E-state index is 0. The number of nitrogens with one attached hydrogen (secondary N) is 1. The van der Waals surface area contributed by atoms with Crippen molar-refractivity contribution in [1.29, 1.82) is 0 Å². The first-order valence-corrected chi connectivity index (χ1v) is 12.0. The molecule has 0 saturated carbocycles. The molecular weight excluding hydrogens is 468 g/mol. The number of nitrogens with zero attached hydrogens (tertiary/aromatic N) is 1. The summed E-state index contributed by atoms with van der Waals surface area (Å²) in [5, 5.41) is 3.57. The lowest BCUT2D eigenvalue weighted by Crippen LogP contribution is -2.41. The molecule has 192 valence electrons. The molecule has 0 saturated heterocycles. The van der Waals surface area contributed by atoms with Crippen LogP contribution in [0.15, 0.2) is 24.3 Å². The van der Waals surface area contributed by atoms with Gasteiger partial charge in [-0.15, -0.1) is 12.4 Å². The van der Waals surface area contributed by atoms with E-state index in [0.29, 0.717) is 5.92 Å². The normalized spacial score (nSPS) is 17.5. The van der Waals surface area contributed by atoms with Crippen molar-refractivity contribution in [2.24, 2.45) is 0 Å². The van der Waals surface area contributed by atoms with Crippen LogP contribution in [0.3, 0.4) is 0 Å². The van der Waals surface area contributed by atoms with Gasteiger partial charge in [0, 0.05) is 25.6 Å². The highest BCUT2D eigenvalue weighted by atomic mass is 35.5. The van der Waals surface area contributed by atoms with Crippen molar-refractivity contribution in [2.45, 2.75) is 37.6 Å². The number of hydrogen-bond donors (Lipinski definition) is 1. The Kier molecular flexibility index (Phi) is 9.66. The van der Waals surface area contributed by atoms with E-state index in [1.54, 1.807) is 28.4 Å². The zero-order valence-electron chi connectivity index (χ0n) is 21.1. The molecule has 1 heterocycles. The van der Waals surface area contributed by atoms with Gasteiger partial charge in [-0.3, -0.25) is 4.90 Å². The molecule has 4 rings (SSSR count). The predicted octanol–water partition coefficient (Wildman–Crippen LogP) is 3.43. The summed E-state index contributed by atoms with van der Waals surface area (Å²) in [5.74, 6) is 3.57. The Bertz CT molecular complexity index is 981. The Balaban J connectivity index is 0.00000342. The number of carbonyl (C=O) groups is 1. The van der Waals surface area contributed by atoms with Crippen molar-refractivity contribution in [3.8, 4) is 23.0 Å². The fourth-order valence-electron chi connectivity index (χ4n) is 5.18. The molecule has 0 spiro atoms.